The van der Waals surface area contributed by atoms with Gasteiger partial charge in [0.15, 0.2) is 0 Å². The molecule has 0 spiro atoms. The third kappa shape index (κ3) is 1.61. The molecule has 1 heterocycles. The zero-order valence-corrected chi connectivity index (χ0v) is 9.02. The Balaban J connectivity index is 2.28. The second-order valence-electron chi connectivity index (χ2n) is 5.11. The highest BCUT2D eigenvalue weighted by molar-refractivity contribution is 5.21. The van der Waals surface area contributed by atoms with Crippen LogP contribution in [0.4, 0.5) is 0 Å². The Hall–Kier alpha value is -0.460. The van der Waals surface area contributed by atoms with Crippen LogP contribution in [0.15, 0.2) is 11.3 Å². The lowest BCUT2D eigenvalue weighted by molar-refractivity contribution is 0.0775. The minimum Gasteiger partial charge on any atom is -0.495 e. The Morgan fingerprint density at radius 2 is 2.08 bits per heavy atom. The standard InChI is InChI=1S/C12H20O/c1-9-6-7-10-11(13-9)5-4-8-12(10,2)3/h9H,4-8H2,1-3H3. The number of ether oxygens (including phenoxy) is 1. The molecule has 0 fully saturated rings. The van der Waals surface area contributed by atoms with Crippen molar-refractivity contribution in [3.63, 3.8) is 0 Å². The SMILES string of the molecule is CC1CCC2=C(CCCC2(C)C)O1. The van der Waals surface area contributed by atoms with Crippen molar-refractivity contribution in [1.29, 1.82) is 0 Å². The summed E-state index contributed by atoms with van der Waals surface area (Å²) in [6.45, 7) is 6.91. The fraction of sp³-hybridized carbons (Fsp3) is 0.833. The molecule has 0 aromatic rings. The quantitative estimate of drug-likeness (QED) is 0.553. The van der Waals surface area contributed by atoms with Gasteiger partial charge in [-0.05, 0) is 43.6 Å². The third-order valence-electron chi connectivity index (χ3n) is 3.50. The molecule has 13 heavy (non-hydrogen) atoms. The van der Waals surface area contributed by atoms with E-state index < -0.39 is 0 Å². The lowest BCUT2D eigenvalue weighted by Gasteiger charge is -2.39. The first-order chi connectivity index (χ1) is 6.09. The normalized spacial score (nSPS) is 32.4. The Morgan fingerprint density at radius 3 is 2.85 bits per heavy atom. The molecular weight excluding hydrogens is 160 g/mol. The predicted octanol–water partition coefficient (Wildman–Crippen LogP) is 3.65. The maximum atomic E-state index is 5.91. The van der Waals surface area contributed by atoms with Gasteiger partial charge in [0.2, 0.25) is 0 Å². The molecule has 74 valence electrons. The van der Waals surface area contributed by atoms with E-state index in [0.717, 1.165) is 0 Å². The monoisotopic (exact) mass is 180 g/mol. The molecule has 0 aromatic heterocycles. The Bertz CT molecular complexity index is 238. The summed E-state index contributed by atoms with van der Waals surface area (Å²) in [5.41, 5.74) is 2.02. The summed E-state index contributed by atoms with van der Waals surface area (Å²) in [6.07, 6.45) is 6.75. The number of hydrogen-bond donors (Lipinski definition) is 0. The van der Waals surface area contributed by atoms with Crippen molar-refractivity contribution in [3.8, 4) is 0 Å². The Labute approximate surface area is 81.2 Å². The van der Waals surface area contributed by atoms with E-state index >= 15 is 0 Å². The topological polar surface area (TPSA) is 9.23 Å². The van der Waals surface area contributed by atoms with Gasteiger partial charge in [-0.15, -0.1) is 0 Å². The van der Waals surface area contributed by atoms with E-state index in [1.54, 1.807) is 5.57 Å². The number of hydrogen-bond acceptors (Lipinski definition) is 1. The summed E-state index contributed by atoms with van der Waals surface area (Å²) in [5.74, 6) is 1.33. The van der Waals surface area contributed by atoms with Crippen LogP contribution in [-0.4, -0.2) is 6.10 Å². The highest BCUT2D eigenvalue weighted by Crippen LogP contribution is 2.45. The van der Waals surface area contributed by atoms with Gasteiger partial charge in [-0.3, -0.25) is 0 Å². The average molecular weight is 180 g/mol. The van der Waals surface area contributed by atoms with E-state index in [0.29, 0.717) is 11.5 Å². The Morgan fingerprint density at radius 1 is 1.31 bits per heavy atom. The van der Waals surface area contributed by atoms with Crippen LogP contribution in [0, 0.1) is 5.41 Å². The fourth-order valence-corrected chi connectivity index (χ4v) is 2.63. The highest BCUT2D eigenvalue weighted by Gasteiger charge is 2.33. The summed E-state index contributed by atoms with van der Waals surface area (Å²) < 4.78 is 5.91. The maximum Gasteiger partial charge on any atom is 0.0961 e. The summed E-state index contributed by atoms with van der Waals surface area (Å²) >= 11 is 0. The molecule has 1 aliphatic heterocycles. The van der Waals surface area contributed by atoms with Crippen molar-refractivity contribution in [2.75, 3.05) is 0 Å². The van der Waals surface area contributed by atoms with Crippen molar-refractivity contribution < 1.29 is 4.74 Å². The lowest BCUT2D eigenvalue weighted by atomic mass is 9.72. The maximum absolute atomic E-state index is 5.91. The Kier molecular flexibility index (Phi) is 2.13. The van der Waals surface area contributed by atoms with Crippen molar-refractivity contribution in [3.05, 3.63) is 11.3 Å². The number of allylic oxidation sites excluding steroid dienone is 2. The minimum absolute atomic E-state index is 0.410. The molecule has 0 N–H and O–H groups in total. The second-order valence-corrected chi connectivity index (χ2v) is 5.11. The van der Waals surface area contributed by atoms with Gasteiger partial charge in [-0.2, -0.15) is 0 Å². The molecule has 2 rings (SSSR count). The molecule has 2 aliphatic rings. The van der Waals surface area contributed by atoms with Gasteiger partial charge in [-0.25, -0.2) is 0 Å². The van der Waals surface area contributed by atoms with Gasteiger partial charge in [0.1, 0.15) is 0 Å². The van der Waals surface area contributed by atoms with Gasteiger partial charge in [0.05, 0.1) is 11.9 Å². The van der Waals surface area contributed by atoms with Crippen molar-refractivity contribution in [2.24, 2.45) is 5.41 Å². The first-order valence-electron chi connectivity index (χ1n) is 5.49. The van der Waals surface area contributed by atoms with E-state index in [4.69, 9.17) is 4.74 Å². The molecule has 1 nitrogen and oxygen atoms in total. The molecule has 0 bridgehead atoms. The first kappa shape index (κ1) is 9.11. The molecule has 0 saturated heterocycles. The predicted molar refractivity (Wildman–Crippen MR) is 54.4 cm³/mol. The van der Waals surface area contributed by atoms with E-state index in [9.17, 15) is 0 Å². The molecule has 1 heteroatoms. The molecule has 0 radical (unpaired) electrons. The summed E-state index contributed by atoms with van der Waals surface area (Å²) in [5, 5.41) is 0. The van der Waals surface area contributed by atoms with E-state index in [2.05, 4.69) is 20.8 Å². The van der Waals surface area contributed by atoms with Crippen molar-refractivity contribution in [1.82, 2.24) is 0 Å². The van der Waals surface area contributed by atoms with Gasteiger partial charge in [-0.1, -0.05) is 13.8 Å². The zero-order chi connectivity index (χ0) is 9.47. The molecular formula is C12H20O. The first-order valence-corrected chi connectivity index (χ1v) is 5.49. The molecule has 1 atom stereocenters. The van der Waals surface area contributed by atoms with E-state index in [1.165, 1.54) is 37.9 Å². The fourth-order valence-electron chi connectivity index (χ4n) is 2.63. The molecule has 1 aliphatic carbocycles. The van der Waals surface area contributed by atoms with Gasteiger partial charge < -0.3 is 4.74 Å². The van der Waals surface area contributed by atoms with Gasteiger partial charge in [0.25, 0.3) is 0 Å². The molecule has 0 aromatic carbocycles. The van der Waals surface area contributed by atoms with Crippen LogP contribution in [0.3, 0.4) is 0 Å². The number of rotatable bonds is 0. The largest absolute Gasteiger partial charge is 0.495 e. The van der Waals surface area contributed by atoms with E-state index in [-0.39, 0.29) is 0 Å². The lowest BCUT2D eigenvalue weighted by Crippen LogP contribution is -2.27. The zero-order valence-electron chi connectivity index (χ0n) is 9.02. The summed E-state index contributed by atoms with van der Waals surface area (Å²) in [6, 6.07) is 0. The third-order valence-corrected chi connectivity index (χ3v) is 3.50. The van der Waals surface area contributed by atoms with Crippen molar-refractivity contribution in [2.45, 2.75) is 59.0 Å². The van der Waals surface area contributed by atoms with Crippen LogP contribution in [0.2, 0.25) is 0 Å². The van der Waals surface area contributed by atoms with Crippen LogP contribution < -0.4 is 0 Å². The van der Waals surface area contributed by atoms with E-state index in [1.807, 2.05) is 0 Å². The van der Waals surface area contributed by atoms with Crippen LogP contribution in [0.25, 0.3) is 0 Å². The smallest absolute Gasteiger partial charge is 0.0961 e. The van der Waals surface area contributed by atoms with Crippen LogP contribution in [0.5, 0.6) is 0 Å². The molecule has 0 amide bonds. The molecule has 1 unspecified atom stereocenters. The second kappa shape index (κ2) is 3.04. The van der Waals surface area contributed by atoms with Gasteiger partial charge >= 0.3 is 0 Å². The minimum atomic E-state index is 0.410. The summed E-state index contributed by atoms with van der Waals surface area (Å²) in [4.78, 5) is 0. The van der Waals surface area contributed by atoms with Crippen molar-refractivity contribution >= 4 is 0 Å². The van der Waals surface area contributed by atoms with Crippen LogP contribution >= 0.6 is 0 Å². The van der Waals surface area contributed by atoms with Crippen LogP contribution in [-0.2, 0) is 4.74 Å². The average Bonchev–Trinajstić information content (AvgIpc) is 2.02. The summed E-state index contributed by atoms with van der Waals surface area (Å²) in [7, 11) is 0. The highest BCUT2D eigenvalue weighted by atomic mass is 16.5. The molecule has 0 saturated carbocycles. The van der Waals surface area contributed by atoms with Gasteiger partial charge in [0, 0.05) is 6.42 Å². The van der Waals surface area contributed by atoms with Crippen LogP contribution in [0.1, 0.15) is 52.9 Å².